The van der Waals surface area contributed by atoms with Crippen LogP contribution in [0, 0.1) is 11.2 Å². The zero-order valence-corrected chi connectivity index (χ0v) is 14.6. The van der Waals surface area contributed by atoms with Gasteiger partial charge in [0.1, 0.15) is 11.4 Å². The smallest absolute Gasteiger partial charge is 0.330 e. The summed E-state index contributed by atoms with van der Waals surface area (Å²) >= 11 is 5.92. The minimum atomic E-state index is -1.44. The number of amides is 1. The Bertz CT molecular complexity index is 644. The maximum atomic E-state index is 13.8. The van der Waals surface area contributed by atoms with Crippen molar-refractivity contribution in [1.29, 1.82) is 0 Å². The van der Waals surface area contributed by atoms with Crippen molar-refractivity contribution in [2.75, 3.05) is 6.61 Å². The Balaban J connectivity index is 2.18. The van der Waals surface area contributed by atoms with Gasteiger partial charge in [-0.2, -0.15) is 0 Å². The monoisotopic (exact) mass is 357 g/mol. The number of hydrogen-bond donors (Lipinski definition) is 2. The van der Waals surface area contributed by atoms with Gasteiger partial charge < -0.3 is 15.2 Å². The summed E-state index contributed by atoms with van der Waals surface area (Å²) in [4.78, 5) is 24.2. The van der Waals surface area contributed by atoms with E-state index in [1.807, 2.05) is 6.92 Å². The molecule has 0 saturated heterocycles. The molecule has 2 rings (SSSR count). The average molecular weight is 358 g/mol. The van der Waals surface area contributed by atoms with E-state index in [9.17, 15) is 19.1 Å². The SMILES string of the molecule is CCOC1CC(NC(=O)Cc2c(F)cccc2Cl)(C(=O)O)C1(C)C. The maximum absolute atomic E-state index is 13.8. The van der Waals surface area contributed by atoms with Gasteiger partial charge in [0.2, 0.25) is 5.91 Å². The summed E-state index contributed by atoms with van der Waals surface area (Å²) in [5, 5.41) is 12.4. The van der Waals surface area contributed by atoms with Gasteiger partial charge in [0, 0.05) is 29.0 Å². The molecule has 1 aromatic rings. The molecule has 0 spiro atoms. The Morgan fingerprint density at radius 3 is 2.62 bits per heavy atom. The largest absolute Gasteiger partial charge is 0.479 e. The van der Waals surface area contributed by atoms with Crippen LogP contribution in [-0.4, -0.2) is 35.2 Å². The van der Waals surface area contributed by atoms with Gasteiger partial charge in [-0.1, -0.05) is 31.5 Å². The van der Waals surface area contributed by atoms with Gasteiger partial charge in [0.05, 0.1) is 12.5 Å². The maximum Gasteiger partial charge on any atom is 0.330 e. The predicted molar refractivity (Wildman–Crippen MR) is 87.4 cm³/mol. The fourth-order valence-electron chi connectivity index (χ4n) is 3.18. The third kappa shape index (κ3) is 3.00. The zero-order chi connectivity index (χ0) is 18.1. The van der Waals surface area contributed by atoms with E-state index in [1.165, 1.54) is 18.2 Å². The third-order valence-corrected chi connectivity index (χ3v) is 5.24. The van der Waals surface area contributed by atoms with Gasteiger partial charge in [0.15, 0.2) is 0 Å². The number of hydrogen-bond acceptors (Lipinski definition) is 3. The van der Waals surface area contributed by atoms with Crippen LogP contribution in [0.2, 0.25) is 5.02 Å². The van der Waals surface area contributed by atoms with Crippen LogP contribution in [0.5, 0.6) is 0 Å². The van der Waals surface area contributed by atoms with Gasteiger partial charge in [-0.25, -0.2) is 9.18 Å². The molecule has 0 radical (unpaired) electrons. The number of carboxylic acid groups (broad SMARTS) is 1. The Hall–Kier alpha value is -1.66. The number of carboxylic acids is 1. The first kappa shape index (κ1) is 18.7. The standard InChI is InChI=1S/C17H21ClFNO4/c1-4-24-13-9-17(15(22)23,16(13,2)3)20-14(21)8-10-11(18)6-5-7-12(10)19/h5-7,13H,4,8-9H2,1-3H3,(H,20,21)(H,22,23). The molecule has 1 aliphatic rings. The summed E-state index contributed by atoms with van der Waals surface area (Å²) in [5.41, 5.74) is -2.18. The molecule has 0 bridgehead atoms. The van der Waals surface area contributed by atoms with Gasteiger partial charge in [-0.05, 0) is 19.1 Å². The highest BCUT2D eigenvalue weighted by atomic mass is 35.5. The molecule has 5 nitrogen and oxygen atoms in total. The van der Waals surface area contributed by atoms with Crippen molar-refractivity contribution >= 4 is 23.5 Å². The molecule has 2 unspecified atom stereocenters. The normalized spacial score (nSPS) is 25.0. The van der Waals surface area contributed by atoms with Gasteiger partial charge >= 0.3 is 5.97 Å². The second kappa shape index (κ2) is 6.69. The lowest BCUT2D eigenvalue weighted by Crippen LogP contribution is -2.76. The summed E-state index contributed by atoms with van der Waals surface area (Å²) in [6.07, 6.45) is -0.425. The molecule has 2 atom stereocenters. The summed E-state index contributed by atoms with van der Waals surface area (Å²) in [7, 11) is 0. The van der Waals surface area contributed by atoms with Crippen LogP contribution in [-0.2, 0) is 20.7 Å². The fraction of sp³-hybridized carbons (Fsp3) is 0.529. The highest BCUT2D eigenvalue weighted by Gasteiger charge is 2.66. The number of ether oxygens (including phenoxy) is 1. The molecule has 24 heavy (non-hydrogen) atoms. The fourth-order valence-corrected chi connectivity index (χ4v) is 3.41. The minimum absolute atomic E-state index is 0.0516. The van der Waals surface area contributed by atoms with Crippen molar-refractivity contribution in [1.82, 2.24) is 5.32 Å². The Morgan fingerprint density at radius 2 is 2.12 bits per heavy atom. The van der Waals surface area contributed by atoms with Crippen LogP contribution in [0.3, 0.4) is 0 Å². The van der Waals surface area contributed by atoms with E-state index < -0.39 is 28.6 Å². The summed E-state index contributed by atoms with van der Waals surface area (Å²) in [6, 6.07) is 4.14. The van der Waals surface area contributed by atoms with Crippen molar-refractivity contribution in [2.24, 2.45) is 5.41 Å². The number of aliphatic carboxylic acids is 1. The van der Waals surface area contributed by atoms with Crippen molar-refractivity contribution < 1.29 is 23.8 Å². The van der Waals surface area contributed by atoms with Gasteiger partial charge in [0.25, 0.3) is 0 Å². The predicted octanol–water partition coefficient (Wildman–Crippen LogP) is 2.80. The van der Waals surface area contributed by atoms with Crippen LogP contribution in [0.4, 0.5) is 4.39 Å². The van der Waals surface area contributed by atoms with E-state index in [4.69, 9.17) is 16.3 Å². The molecule has 1 amide bonds. The number of benzene rings is 1. The molecule has 1 fully saturated rings. The molecule has 7 heteroatoms. The number of carbonyl (C=O) groups excluding carboxylic acids is 1. The molecule has 2 N–H and O–H groups in total. The number of nitrogens with one attached hydrogen (secondary N) is 1. The van der Waals surface area contributed by atoms with Crippen molar-refractivity contribution in [3.63, 3.8) is 0 Å². The van der Waals surface area contributed by atoms with E-state index in [-0.39, 0.29) is 29.5 Å². The van der Waals surface area contributed by atoms with Crippen molar-refractivity contribution in [2.45, 2.75) is 45.3 Å². The van der Waals surface area contributed by atoms with Crippen LogP contribution in [0.15, 0.2) is 18.2 Å². The van der Waals surface area contributed by atoms with Crippen LogP contribution in [0.1, 0.15) is 32.8 Å². The molecule has 132 valence electrons. The first-order chi connectivity index (χ1) is 11.2. The third-order valence-electron chi connectivity index (χ3n) is 4.88. The van der Waals surface area contributed by atoms with E-state index in [1.54, 1.807) is 13.8 Å². The summed E-state index contributed by atoms with van der Waals surface area (Å²) < 4.78 is 19.4. The lowest BCUT2D eigenvalue weighted by Gasteiger charge is -2.58. The molecule has 1 aromatic carbocycles. The lowest BCUT2D eigenvalue weighted by atomic mass is 9.54. The minimum Gasteiger partial charge on any atom is -0.479 e. The van der Waals surface area contributed by atoms with E-state index in [0.29, 0.717) is 6.61 Å². The summed E-state index contributed by atoms with van der Waals surface area (Å²) in [6.45, 7) is 5.76. The quantitative estimate of drug-likeness (QED) is 0.820. The van der Waals surface area contributed by atoms with Crippen LogP contribution >= 0.6 is 11.6 Å². The van der Waals surface area contributed by atoms with E-state index >= 15 is 0 Å². The Kier molecular flexibility index (Phi) is 5.20. The molecular weight excluding hydrogens is 337 g/mol. The van der Waals surface area contributed by atoms with Crippen molar-refractivity contribution in [3.05, 3.63) is 34.6 Å². The summed E-state index contributed by atoms with van der Waals surface area (Å²) in [5.74, 6) is -2.31. The van der Waals surface area contributed by atoms with Crippen molar-refractivity contribution in [3.8, 4) is 0 Å². The molecule has 0 aromatic heterocycles. The molecule has 1 saturated carbocycles. The lowest BCUT2D eigenvalue weighted by molar-refractivity contribution is -0.194. The van der Waals surface area contributed by atoms with E-state index in [2.05, 4.69) is 5.32 Å². The molecular formula is C17H21ClFNO4. The van der Waals surface area contributed by atoms with Crippen LogP contribution in [0.25, 0.3) is 0 Å². The Labute approximate surface area is 145 Å². The highest BCUT2D eigenvalue weighted by Crippen LogP contribution is 2.51. The number of halogens is 2. The highest BCUT2D eigenvalue weighted by molar-refractivity contribution is 6.31. The first-order valence-electron chi connectivity index (χ1n) is 7.74. The van der Waals surface area contributed by atoms with Gasteiger partial charge in [-0.3, -0.25) is 4.79 Å². The average Bonchev–Trinajstić information content (AvgIpc) is 2.49. The number of rotatable bonds is 6. The Morgan fingerprint density at radius 1 is 1.46 bits per heavy atom. The van der Waals surface area contributed by atoms with E-state index in [0.717, 1.165) is 0 Å². The van der Waals surface area contributed by atoms with Crippen LogP contribution < -0.4 is 5.32 Å². The number of carbonyl (C=O) groups is 2. The molecule has 1 aliphatic carbocycles. The topological polar surface area (TPSA) is 75.6 Å². The molecule has 0 heterocycles. The second-order valence-corrected chi connectivity index (χ2v) is 6.91. The van der Waals surface area contributed by atoms with Gasteiger partial charge in [-0.15, -0.1) is 0 Å². The first-order valence-corrected chi connectivity index (χ1v) is 8.12. The second-order valence-electron chi connectivity index (χ2n) is 6.51. The zero-order valence-electron chi connectivity index (χ0n) is 13.9. The molecule has 0 aliphatic heterocycles.